The van der Waals surface area contributed by atoms with Crippen LogP contribution in [0.3, 0.4) is 0 Å². The summed E-state index contributed by atoms with van der Waals surface area (Å²) in [5, 5.41) is 11.4. The fourth-order valence-electron chi connectivity index (χ4n) is 4.90. The molecule has 2 unspecified atom stereocenters. The zero-order chi connectivity index (χ0) is 18.2. The SMILES string of the molecule is CC1(C)C2CCC(C2)[C@]1(O)CSCc1cccc(Oc2ccccc2)c1. The number of para-hydroxylation sites is 1. The van der Waals surface area contributed by atoms with E-state index in [1.165, 1.54) is 24.8 Å². The molecule has 0 radical (unpaired) electrons. The molecular formula is C23H28O2S. The van der Waals surface area contributed by atoms with Gasteiger partial charge in [0, 0.05) is 11.5 Å². The van der Waals surface area contributed by atoms with Gasteiger partial charge in [-0.25, -0.2) is 0 Å². The van der Waals surface area contributed by atoms with Crippen LogP contribution in [0.25, 0.3) is 0 Å². The minimum absolute atomic E-state index is 0.0428. The highest BCUT2D eigenvalue weighted by Gasteiger charge is 2.61. The van der Waals surface area contributed by atoms with Crippen LogP contribution in [0.2, 0.25) is 0 Å². The van der Waals surface area contributed by atoms with Gasteiger partial charge in [-0.2, -0.15) is 11.8 Å². The van der Waals surface area contributed by atoms with Crippen molar-refractivity contribution in [2.45, 2.75) is 44.5 Å². The molecule has 2 aromatic rings. The van der Waals surface area contributed by atoms with Gasteiger partial charge < -0.3 is 9.84 Å². The lowest BCUT2D eigenvalue weighted by Crippen LogP contribution is -2.51. The molecule has 2 saturated carbocycles. The summed E-state index contributed by atoms with van der Waals surface area (Å²) in [6, 6.07) is 18.2. The average Bonchev–Trinajstić information content (AvgIpc) is 3.19. The Labute approximate surface area is 161 Å². The number of hydrogen-bond acceptors (Lipinski definition) is 3. The Morgan fingerprint density at radius 2 is 1.73 bits per heavy atom. The van der Waals surface area contributed by atoms with Crippen molar-refractivity contribution in [2.75, 3.05) is 5.75 Å². The Morgan fingerprint density at radius 1 is 1.00 bits per heavy atom. The molecule has 3 heteroatoms. The van der Waals surface area contributed by atoms with Crippen molar-refractivity contribution in [3.05, 3.63) is 60.2 Å². The highest BCUT2D eigenvalue weighted by molar-refractivity contribution is 7.98. The molecule has 0 saturated heterocycles. The van der Waals surface area contributed by atoms with Gasteiger partial charge in [0.15, 0.2) is 0 Å². The van der Waals surface area contributed by atoms with Crippen molar-refractivity contribution in [2.24, 2.45) is 17.3 Å². The molecule has 2 bridgehead atoms. The van der Waals surface area contributed by atoms with Crippen molar-refractivity contribution in [1.29, 1.82) is 0 Å². The predicted molar refractivity (Wildman–Crippen MR) is 109 cm³/mol. The molecule has 0 heterocycles. The molecule has 1 N–H and O–H groups in total. The second-order valence-electron chi connectivity index (χ2n) is 8.41. The fourth-order valence-corrected chi connectivity index (χ4v) is 6.34. The predicted octanol–water partition coefficient (Wildman–Crippen LogP) is 5.90. The maximum Gasteiger partial charge on any atom is 0.127 e. The molecule has 26 heavy (non-hydrogen) atoms. The zero-order valence-corrected chi connectivity index (χ0v) is 16.5. The van der Waals surface area contributed by atoms with Crippen LogP contribution in [0, 0.1) is 17.3 Å². The second-order valence-corrected chi connectivity index (χ2v) is 9.39. The lowest BCUT2D eigenvalue weighted by molar-refractivity contribution is -0.0862. The Bertz CT molecular complexity index is 758. The molecule has 2 aliphatic carbocycles. The average molecular weight is 369 g/mol. The zero-order valence-electron chi connectivity index (χ0n) is 15.7. The van der Waals surface area contributed by atoms with Crippen molar-refractivity contribution >= 4 is 11.8 Å². The highest BCUT2D eigenvalue weighted by Crippen LogP contribution is 2.62. The monoisotopic (exact) mass is 368 g/mol. The molecule has 4 rings (SSSR count). The van der Waals surface area contributed by atoms with Gasteiger partial charge in [0.25, 0.3) is 0 Å². The molecular weight excluding hydrogens is 340 g/mol. The summed E-state index contributed by atoms with van der Waals surface area (Å²) < 4.78 is 5.93. The first-order valence-corrected chi connectivity index (χ1v) is 10.8. The first-order valence-electron chi connectivity index (χ1n) is 9.61. The van der Waals surface area contributed by atoms with Gasteiger partial charge in [-0.05, 0) is 66.3 Å². The summed E-state index contributed by atoms with van der Waals surface area (Å²) in [6.45, 7) is 4.54. The van der Waals surface area contributed by atoms with E-state index in [0.29, 0.717) is 11.8 Å². The summed E-state index contributed by atoms with van der Waals surface area (Å²) in [4.78, 5) is 0. The minimum atomic E-state index is -0.515. The summed E-state index contributed by atoms with van der Waals surface area (Å²) in [5.74, 6) is 4.64. The summed E-state index contributed by atoms with van der Waals surface area (Å²) in [7, 11) is 0. The van der Waals surface area contributed by atoms with Crippen molar-refractivity contribution in [1.82, 2.24) is 0 Å². The Balaban J connectivity index is 1.37. The molecule has 0 aliphatic heterocycles. The van der Waals surface area contributed by atoms with E-state index >= 15 is 0 Å². The molecule has 2 fully saturated rings. The van der Waals surface area contributed by atoms with Crippen molar-refractivity contribution in [3.8, 4) is 11.5 Å². The van der Waals surface area contributed by atoms with Crippen LogP contribution in [0.5, 0.6) is 11.5 Å². The van der Waals surface area contributed by atoms with E-state index in [4.69, 9.17) is 4.74 Å². The van der Waals surface area contributed by atoms with Gasteiger partial charge in [0.1, 0.15) is 11.5 Å². The fraction of sp³-hybridized carbons (Fsp3) is 0.478. The number of benzene rings is 2. The van der Waals surface area contributed by atoms with Crippen LogP contribution < -0.4 is 4.74 Å². The molecule has 2 aliphatic rings. The maximum atomic E-state index is 11.4. The number of fused-ring (bicyclic) bond motifs is 2. The third-order valence-corrected chi connectivity index (χ3v) is 7.89. The van der Waals surface area contributed by atoms with Crippen molar-refractivity contribution < 1.29 is 9.84 Å². The van der Waals surface area contributed by atoms with E-state index in [1.807, 2.05) is 54.2 Å². The number of thioether (sulfide) groups is 1. The number of aliphatic hydroxyl groups is 1. The summed E-state index contributed by atoms with van der Waals surface area (Å²) in [6.07, 6.45) is 3.71. The molecule has 3 atom stereocenters. The van der Waals surface area contributed by atoms with Gasteiger partial charge >= 0.3 is 0 Å². The van der Waals surface area contributed by atoms with Crippen LogP contribution in [-0.2, 0) is 5.75 Å². The van der Waals surface area contributed by atoms with E-state index in [2.05, 4.69) is 26.0 Å². The Kier molecular flexibility index (Phi) is 4.79. The van der Waals surface area contributed by atoms with Crippen LogP contribution >= 0.6 is 11.8 Å². The first-order chi connectivity index (χ1) is 12.5. The van der Waals surface area contributed by atoms with Crippen LogP contribution in [-0.4, -0.2) is 16.5 Å². The lowest BCUT2D eigenvalue weighted by atomic mass is 9.66. The third kappa shape index (κ3) is 3.16. The highest BCUT2D eigenvalue weighted by atomic mass is 32.2. The number of ether oxygens (including phenoxy) is 1. The van der Waals surface area contributed by atoms with Crippen molar-refractivity contribution in [3.63, 3.8) is 0 Å². The molecule has 0 aromatic heterocycles. The Hall–Kier alpha value is -1.45. The van der Waals surface area contributed by atoms with E-state index < -0.39 is 5.60 Å². The molecule has 2 aromatic carbocycles. The minimum Gasteiger partial charge on any atom is -0.457 e. The molecule has 0 amide bonds. The Morgan fingerprint density at radius 3 is 2.46 bits per heavy atom. The first kappa shape index (κ1) is 17.9. The quantitative estimate of drug-likeness (QED) is 0.688. The van der Waals surface area contributed by atoms with Gasteiger partial charge in [0.2, 0.25) is 0 Å². The lowest BCUT2D eigenvalue weighted by Gasteiger charge is -2.46. The number of hydrogen-bond donors (Lipinski definition) is 1. The second kappa shape index (κ2) is 6.94. The molecule has 2 nitrogen and oxygen atoms in total. The smallest absolute Gasteiger partial charge is 0.127 e. The normalized spacial score (nSPS) is 29.0. The summed E-state index contributed by atoms with van der Waals surface area (Å²) >= 11 is 1.85. The van der Waals surface area contributed by atoms with Gasteiger partial charge in [-0.3, -0.25) is 0 Å². The van der Waals surface area contributed by atoms with E-state index in [9.17, 15) is 5.11 Å². The molecule has 138 valence electrons. The van der Waals surface area contributed by atoms with Crippen LogP contribution in [0.15, 0.2) is 54.6 Å². The van der Waals surface area contributed by atoms with Gasteiger partial charge in [-0.1, -0.05) is 44.2 Å². The largest absolute Gasteiger partial charge is 0.457 e. The standard InChI is InChI=1S/C23H28O2S/c1-22(2)18-11-12-19(14-18)23(22,24)16-26-15-17-7-6-10-21(13-17)25-20-8-4-3-5-9-20/h3-10,13,18-19,24H,11-12,14-16H2,1-2H3/t18?,19?,23-/m1/s1. The van der Waals surface area contributed by atoms with Gasteiger partial charge in [-0.15, -0.1) is 0 Å². The van der Waals surface area contributed by atoms with E-state index in [0.717, 1.165) is 23.0 Å². The number of rotatable bonds is 6. The third-order valence-electron chi connectivity index (χ3n) is 6.71. The topological polar surface area (TPSA) is 29.5 Å². The van der Waals surface area contributed by atoms with E-state index in [1.54, 1.807) is 0 Å². The van der Waals surface area contributed by atoms with Crippen LogP contribution in [0.1, 0.15) is 38.7 Å². The van der Waals surface area contributed by atoms with Gasteiger partial charge in [0.05, 0.1) is 5.60 Å². The van der Waals surface area contributed by atoms with Crippen LogP contribution in [0.4, 0.5) is 0 Å². The van der Waals surface area contributed by atoms with E-state index in [-0.39, 0.29) is 5.41 Å². The maximum absolute atomic E-state index is 11.4. The summed E-state index contributed by atoms with van der Waals surface area (Å²) in [5.41, 5.74) is 0.771. The molecule has 0 spiro atoms.